The van der Waals surface area contributed by atoms with Crippen molar-refractivity contribution in [1.29, 1.82) is 0 Å². The minimum Gasteiger partial charge on any atom is -0.481 e. The molecular formula is C13H13ClN4O2. The van der Waals surface area contributed by atoms with Gasteiger partial charge in [-0.2, -0.15) is 0 Å². The average Bonchev–Trinajstić information content (AvgIpc) is 2.73. The fraction of sp³-hybridized carbons (Fsp3) is 0.231. The summed E-state index contributed by atoms with van der Waals surface area (Å²) in [5, 5.41) is 14.2. The largest absolute Gasteiger partial charge is 0.481 e. The van der Waals surface area contributed by atoms with Crippen LogP contribution in [0.3, 0.4) is 0 Å². The number of pyridine rings is 1. The Morgan fingerprint density at radius 3 is 2.85 bits per heavy atom. The smallest absolute Gasteiger partial charge is 0.307 e. The molecule has 0 saturated carbocycles. The fourth-order valence-corrected chi connectivity index (χ4v) is 2.27. The third-order valence-corrected chi connectivity index (χ3v) is 3.22. The van der Waals surface area contributed by atoms with E-state index < -0.39 is 5.97 Å². The van der Waals surface area contributed by atoms with Gasteiger partial charge >= 0.3 is 5.97 Å². The minimum atomic E-state index is -0.873. The summed E-state index contributed by atoms with van der Waals surface area (Å²) in [6.07, 6.45) is 1.62. The first-order chi connectivity index (χ1) is 9.08. The first-order valence-electron chi connectivity index (χ1n) is 5.89. The number of carboxylic acid groups (broad SMARTS) is 1. The van der Waals surface area contributed by atoms with Gasteiger partial charge in [-0.3, -0.25) is 4.79 Å². The highest BCUT2D eigenvalue weighted by atomic mass is 35.5. The van der Waals surface area contributed by atoms with Crippen molar-refractivity contribution in [2.24, 2.45) is 0 Å². The molecule has 0 unspecified atom stereocenters. The lowest BCUT2D eigenvalue weighted by Crippen LogP contribution is -2.10. The van der Waals surface area contributed by atoms with E-state index in [9.17, 15) is 4.79 Å². The molecule has 0 radical (unpaired) electrons. The topological polar surface area (TPSA) is 80.4 Å². The number of aryl methyl sites for hydroxylation is 2. The standard InChI is InChI=1S/C13H12N4O2.ClH/c1-7-10(6-11(18)19)8(2)17-13(15-7)9-4-3-5-14-12(9)16-17;/h3-5H,6H2,1-2H3,(H,18,19);1H. The summed E-state index contributed by atoms with van der Waals surface area (Å²) in [6, 6.07) is 3.74. The maximum absolute atomic E-state index is 10.9. The molecule has 0 aliphatic carbocycles. The number of carboxylic acids is 1. The Morgan fingerprint density at radius 1 is 1.40 bits per heavy atom. The lowest BCUT2D eigenvalue weighted by Gasteiger charge is -2.08. The highest BCUT2D eigenvalue weighted by molar-refractivity contribution is 5.89. The maximum atomic E-state index is 10.9. The highest BCUT2D eigenvalue weighted by Crippen LogP contribution is 2.21. The van der Waals surface area contributed by atoms with Gasteiger partial charge in [0.05, 0.1) is 11.8 Å². The molecule has 0 saturated heterocycles. The number of aliphatic carboxylic acids is 1. The van der Waals surface area contributed by atoms with Crippen molar-refractivity contribution in [2.45, 2.75) is 20.3 Å². The van der Waals surface area contributed by atoms with Gasteiger partial charge < -0.3 is 5.11 Å². The van der Waals surface area contributed by atoms with Crippen LogP contribution in [0.15, 0.2) is 18.3 Å². The Kier molecular flexibility index (Phi) is 3.59. The maximum Gasteiger partial charge on any atom is 0.307 e. The molecule has 0 atom stereocenters. The van der Waals surface area contributed by atoms with Crippen molar-refractivity contribution in [3.63, 3.8) is 0 Å². The molecular weight excluding hydrogens is 280 g/mol. The van der Waals surface area contributed by atoms with Gasteiger partial charge in [-0.1, -0.05) is 0 Å². The molecule has 0 aromatic carbocycles. The Labute approximate surface area is 120 Å². The second-order valence-corrected chi connectivity index (χ2v) is 4.44. The number of carbonyl (C=O) groups is 1. The molecule has 0 amide bonds. The van der Waals surface area contributed by atoms with Crippen LogP contribution in [-0.4, -0.2) is 30.7 Å². The van der Waals surface area contributed by atoms with Crippen LogP contribution in [0, 0.1) is 13.8 Å². The molecule has 104 valence electrons. The highest BCUT2D eigenvalue weighted by Gasteiger charge is 2.15. The quantitative estimate of drug-likeness (QED) is 0.781. The molecule has 7 heteroatoms. The van der Waals surface area contributed by atoms with E-state index in [4.69, 9.17) is 5.11 Å². The van der Waals surface area contributed by atoms with Crippen LogP contribution in [0.25, 0.3) is 16.7 Å². The summed E-state index contributed by atoms with van der Waals surface area (Å²) < 4.78 is 1.67. The SMILES string of the molecule is Cc1nc2c3cccnc3nn2c(C)c1CC(=O)O.Cl. The number of halogens is 1. The number of nitrogens with zero attached hydrogens (tertiary/aromatic N) is 4. The van der Waals surface area contributed by atoms with E-state index in [2.05, 4.69) is 15.1 Å². The van der Waals surface area contributed by atoms with Crippen molar-refractivity contribution in [2.75, 3.05) is 0 Å². The van der Waals surface area contributed by atoms with E-state index in [-0.39, 0.29) is 18.8 Å². The number of aromatic nitrogens is 4. The van der Waals surface area contributed by atoms with Gasteiger partial charge in [0.2, 0.25) is 0 Å². The summed E-state index contributed by atoms with van der Waals surface area (Å²) in [5.74, 6) is -0.873. The molecule has 0 fully saturated rings. The zero-order valence-corrected chi connectivity index (χ0v) is 11.8. The lowest BCUT2D eigenvalue weighted by atomic mass is 10.1. The van der Waals surface area contributed by atoms with E-state index in [0.29, 0.717) is 16.9 Å². The number of hydrogen-bond acceptors (Lipinski definition) is 4. The monoisotopic (exact) mass is 292 g/mol. The van der Waals surface area contributed by atoms with Crippen LogP contribution in [0.1, 0.15) is 17.0 Å². The van der Waals surface area contributed by atoms with Crippen molar-refractivity contribution < 1.29 is 9.90 Å². The summed E-state index contributed by atoms with van der Waals surface area (Å²) >= 11 is 0. The molecule has 0 aliphatic heterocycles. The predicted octanol–water partition coefficient (Wildman–Crippen LogP) is 1.94. The second kappa shape index (κ2) is 5.05. The van der Waals surface area contributed by atoms with Crippen molar-refractivity contribution in [3.8, 4) is 0 Å². The molecule has 6 nitrogen and oxygen atoms in total. The van der Waals surface area contributed by atoms with Gasteiger partial charge in [-0.15, -0.1) is 17.5 Å². The van der Waals surface area contributed by atoms with E-state index in [0.717, 1.165) is 16.8 Å². The summed E-state index contributed by atoms with van der Waals surface area (Å²) in [5.41, 5.74) is 3.55. The van der Waals surface area contributed by atoms with Gasteiger partial charge in [0.1, 0.15) is 0 Å². The van der Waals surface area contributed by atoms with Crippen LogP contribution in [0.2, 0.25) is 0 Å². The molecule has 3 rings (SSSR count). The summed E-state index contributed by atoms with van der Waals surface area (Å²) in [6.45, 7) is 3.67. The zero-order chi connectivity index (χ0) is 13.6. The molecule has 0 aliphatic rings. The molecule has 1 N–H and O–H groups in total. The molecule has 0 spiro atoms. The first kappa shape index (κ1) is 14.2. The number of rotatable bonds is 2. The van der Waals surface area contributed by atoms with Crippen LogP contribution in [0.5, 0.6) is 0 Å². The van der Waals surface area contributed by atoms with Gasteiger partial charge in [0.15, 0.2) is 11.3 Å². The van der Waals surface area contributed by atoms with Crippen LogP contribution in [-0.2, 0) is 11.2 Å². The average molecular weight is 293 g/mol. The van der Waals surface area contributed by atoms with Gasteiger partial charge in [0, 0.05) is 23.1 Å². The van der Waals surface area contributed by atoms with E-state index >= 15 is 0 Å². The second-order valence-electron chi connectivity index (χ2n) is 4.44. The lowest BCUT2D eigenvalue weighted by molar-refractivity contribution is -0.136. The Morgan fingerprint density at radius 2 is 2.15 bits per heavy atom. The molecule has 20 heavy (non-hydrogen) atoms. The molecule has 3 heterocycles. The Balaban J connectivity index is 0.00000147. The van der Waals surface area contributed by atoms with E-state index in [1.54, 1.807) is 10.7 Å². The van der Waals surface area contributed by atoms with Crippen LogP contribution < -0.4 is 0 Å². The molecule has 3 aromatic rings. The summed E-state index contributed by atoms with van der Waals surface area (Å²) in [4.78, 5) is 19.6. The fourth-order valence-electron chi connectivity index (χ4n) is 2.27. The van der Waals surface area contributed by atoms with Crippen molar-refractivity contribution in [3.05, 3.63) is 35.3 Å². The summed E-state index contributed by atoms with van der Waals surface area (Å²) in [7, 11) is 0. The zero-order valence-electron chi connectivity index (χ0n) is 11.0. The van der Waals surface area contributed by atoms with E-state index in [1.165, 1.54) is 0 Å². The van der Waals surface area contributed by atoms with E-state index in [1.807, 2.05) is 26.0 Å². The third-order valence-electron chi connectivity index (χ3n) is 3.22. The first-order valence-corrected chi connectivity index (χ1v) is 5.89. The molecule has 3 aromatic heterocycles. The predicted molar refractivity (Wildman–Crippen MR) is 76.3 cm³/mol. The number of hydrogen-bond donors (Lipinski definition) is 1. The minimum absolute atomic E-state index is 0. The Bertz CT molecular complexity index is 813. The van der Waals surface area contributed by atoms with Gasteiger partial charge in [0.25, 0.3) is 0 Å². The number of fused-ring (bicyclic) bond motifs is 3. The Hall–Kier alpha value is -2.21. The normalized spacial score (nSPS) is 10.7. The third kappa shape index (κ3) is 2.08. The molecule has 0 bridgehead atoms. The van der Waals surface area contributed by atoms with Crippen LogP contribution in [0.4, 0.5) is 0 Å². The van der Waals surface area contributed by atoms with Crippen LogP contribution >= 0.6 is 12.4 Å². The van der Waals surface area contributed by atoms with Crippen molar-refractivity contribution >= 4 is 35.1 Å². The van der Waals surface area contributed by atoms with Gasteiger partial charge in [-0.05, 0) is 26.0 Å². The van der Waals surface area contributed by atoms with Crippen molar-refractivity contribution in [1.82, 2.24) is 19.6 Å². The van der Waals surface area contributed by atoms with Gasteiger partial charge in [-0.25, -0.2) is 14.5 Å².